The maximum Gasteiger partial charge on any atom is 0.245 e. The zero-order chi connectivity index (χ0) is 17.8. The largest absolute Gasteiger partial charge is 0.309 e. The Morgan fingerprint density at radius 1 is 1.08 bits per heavy atom. The molecule has 0 radical (unpaired) electrons. The van der Waals surface area contributed by atoms with Crippen LogP contribution in [0.25, 0.3) is 0 Å². The van der Waals surface area contributed by atoms with Crippen molar-refractivity contribution in [3.8, 4) is 0 Å². The Bertz CT molecular complexity index is 731. The summed E-state index contributed by atoms with van der Waals surface area (Å²) in [6, 6.07) is 15.8. The summed E-state index contributed by atoms with van der Waals surface area (Å²) in [4.78, 5) is 18.7. The number of para-hydroxylation sites is 1. The second-order valence-electron chi connectivity index (χ2n) is 6.03. The Labute approximate surface area is 159 Å². The van der Waals surface area contributed by atoms with Crippen LogP contribution in [-0.2, 0) is 4.79 Å². The molecular weight excluding hydrogens is 352 g/mol. The number of halogens is 1. The highest BCUT2D eigenvalue weighted by Crippen LogP contribution is 2.46. The van der Waals surface area contributed by atoms with E-state index in [1.807, 2.05) is 47.4 Å². The molecule has 0 spiro atoms. The number of hydrogen-bond donors (Lipinski definition) is 0. The van der Waals surface area contributed by atoms with Gasteiger partial charge in [-0.05, 0) is 42.9 Å². The van der Waals surface area contributed by atoms with Gasteiger partial charge in [-0.25, -0.2) is 0 Å². The van der Waals surface area contributed by atoms with Crippen LogP contribution in [0, 0.1) is 0 Å². The molecule has 1 amide bonds. The minimum atomic E-state index is -0.219. The molecular formula is C20H23ClN2OS. The summed E-state index contributed by atoms with van der Waals surface area (Å²) in [5.74, 6) is 0.151. The van der Waals surface area contributed by atoms with E-state index >= 15 is 0 Å². The van der Waals surface area contributed by atoms with E-state index in [2.05, 4.69) is 24.8 Å². The van der Waals surface area contributed by atoms with Crippen LogP contribution in [0.4, 0.5) is 5.69 Å². The van der Waals surface area contributed by atoms with E-state index in [0.717, 1.165) is 35.8 Å². The molecule has 1 atom stereocenters. The number of amides is 1. The molecule has 1 aliphatic heterocycles. The van der Waals surface area contributed by atoms with Gasteiger partial charge in [-0.15, -0.1) is 11.8 Å². The molecule has 2 aromatic carbocycles. The number of carbonyl (C=O) groups is 1. The van der Waals surface area contributed by atoms with E-state index in [-0.39, 0.29) is 11.2 Å². The number of anilines is 1. The maximum atomic E-state index is 13.2. The molecule has 0 N–H and O–H groups in total. The van der Waals surface area contributed by atoms with Crippen LogP contribution in [0.15, 0.2) is 53.4 Å². The lowest BCUT2D eigenvalue weighted by molar-refractivity contribution is -0.118. The third-order valence-electron chi connectivity index (χ3n) is 4.60. The highest BCUT2D eigenvalue weighted by atomic mass is 35.5. The molecule has 3 rings (SSSR count). The smallest absolute Gasteiger partial charge is 0.245 e. The molecule has 0 aliphatic carbocycles. The predicted octanol–water partition coefficient (Wildman–Crippen LogP) is 4.86. The molecule has 0 fully saturated rings. The van der Waals surface area contributed by atoms with Gasteiger partial charge in [0.25, 0.3) is 0 Å². The van der Waals surface area contributed by atoms with Gasteiger partial charge in [-0.2, -0.15) is 0 Å². The quantitative estimate of drug-likeness (QED) is 0.721. The SMILES string of the molecule is CCN(CC)CCN1C(=O)C(c2ccc(Cl)cc2)Sc2ccccc21. The van der Waals surface area contributed by atoms with Gasteiger partial charge >= 0.3 is 0 Å². The number of fused-ring (bicyclic) bond motifs is 1. The van der Waals surface area contributed by atoms with Crippen molar-refractivity contribution in [3.63, 3.8) is 0 Å². The molecule has 132 valence electrons. The van der Waals surface area contributed by atoms with Crippen LogP contribution in [0.1, 0.15) is 24.7 Å². The van der Waals surface area contributed by atoms with E-state index in [9.17, 15) is 4.79 Å². The van der Waals surface area contributed by atoms with Crippen LogP contribution in [0.5, 0.6) is 0 Å². The molecule has 1 aliphatic rings. The van der Waals surface area contributed by atoms with Crippen molar-refractivity contribution in [2.24, 2.45) is 0 Å². The fourth-order valence-corrected chi connectivity index (χ4v) is 4.43. The van der Waals surface area contributed by atoms with Crippen molar-refractivity contribution in [2.45, 2.75) is 24.0 Å². The molecule has 25 heavy (non-hydrogen) atoms. The summed E-state index contributed by atoms with van der Waals surface area (Å²) in [6.45, 7) is 7.89. The van der Waals surface area contributed by atoms with Gasteiger partial charge in [-0.3, -0.25) is 4.79 Å². The normalized spacial score (nSPS) is 17.0. The molecule has 0 aromatic heterocycles. The van der Waals surface area contributed by atoms with Crippen molar-refractivity contribution >= 4 is 35.0 Å². The average Bonchev–Trinajstić information content (AvgIpc) is 2.64. The molecule has 0 bridgehead atoms. The summed E-state index contributed by atoms with van der Waals surface area (Å²) < 4.78 is 0. The van der Waals surface area contributed by atoms with Gasteiger partial charge in [0.05, 0.1) is 5.69 Å². The Balaban J connectivity index is 1.89. The van der Waals surface area contributed by atoms with Crippen molar-refractivity contribution < 1.29 is 4.79 Å². The summed E-state index contributed by atoms with van der Waals surface area (Å²) >= 11 is 7.63. The number of benzene rings is 2. The lowest BCUT2D eigenvalue weighted by Gasteiger charge is -2.35. The summed E-state index contributed by atoms with van der Waals surface area (Å²) in [6.07, 6.45) is 0. The molecule has 5 heteroatoms. The van der Waals surface area contributed by atoms with E-state index in [0.29, 0.717) is 11.6 Å². The number of hydrogen-bond acceptors (Lipinski definition) is 3. The van der Waals surface area contributed by atoms with E-state index in [1.54, 1.807) is 11.8 Å². The Morgan fingerprint density at radius 2 is 1.76 bits per heavy atom. The highest BCUT2D eigenvalue weighted by Gasteiger charge is 2.34. The zero-order valence-electron chi connectivity index (χ0n) is 14.6. The lowest BCUT2D eigenvalue weighted by atomic mass is 10.1. The number of likely N-dealkylation sites (N-methyl/N-ethyl adjacent to an activating group) is 1. The third kappa shape index (κ3) is 4.02. The summed E-state index contributed by atoms with van der Waals surface area (Å²) in [7, 11) is 0. The van der Waals surface area contributed by atoms with Crippen molar-refractivity contribution in [1.29, 1.82) is 0 Å². The Kier molecular flexibility index (Phi) is 6.05. The van der Waals surface area contributed by atoms with Gasteiger partial charge in [0.2, 0.25) is 5.91 Å². The van der Waals surface area contributed by atoms with Gasteiger partial charge in [0, 0.05) is 23.0 Å². The highest BCUT2D eigenvalue weighted by molar-refractivity contribution is 8.00. The van der Waals surface area contributed by atoms with E-state index in [4.69, 9.17) is 11.6 Å². The van der Waals surface area contributed by atoms with Crippen molar-refractivity contribution in [2.75, 3.05) is 31.1 Å². The minimum absolute atomic E-state index is 0.151. The molecule has 3 nitrogen and oxygen atoms in total. The first kappa shape index (κ1) is 18.3. The zero-order valence-corrected chi connectivity index (χ0v) is 16.2. The standard InChI is InChI=1S/C20H23ClN2OS/c1-3-22(4-2)13-14-23-17-7-5-6-8-18(17)25-19(20(23)24)15-9-11-16(21)12-10-15/h5-12,19H,3-4,13-14H2,1-2H3. The number of thioether (sulfide) groups is 1. The second-order valence-corrected chi connectivity index (χ2v) is 7.62. The van der Waals surface area contributed by atoms with Crippen LogP contribution in [0.2, 0.25) is 5.02 Å². The van der Waals surface area contributed by atoms with Crippen LogP contribution in [-0.4, -0.2) is 37.0 Å². The fraction of sp³-hybridized carbons (Fsp3) is 0.350. The van der Waals surface area contributed by atoms with Crippen LogP contribution >= 0.6 is 23.4 Å². The summed E-state index contributed by atoms with van der Waals surface area (Å²) in [5.41, 5.74) is 2.02. The Morgan fingerprint density at radius 3 is 2.44 bits per heavy atom. The first-order chi connectivity index (χ1) is 12.1. The molecule has 2 aromatic rings. The number of carbonyl (C=O) groups excluding carboxylic acids is 1. The molecule has 1 unspecified atom stereocenters. The van der Waals surface area contributed by atoms with Gasteiger partial charge < -0.3 is 9.80 Å². The van der Waals surface area contributed by atoms with Gasteiger partial charge in [-0.1, -0.05) is 49.7 Å². The lowest BCUT2D eigenvalue weighted by Crippen LogP contribution is -2.42. The molecule has 0 saturated heterocycles. The number of rotatable bonds is 6. The third-order valence-corrected chi connectivity index (χ3v) is 6.16. The summed E-state index contributed by atoms with van der Waals surface area (Å²) in [5, 5.41) is 0.472. The topological polar surface area (TPSA) is 23.6 Å². The van der Waals surface area contributed by atoms with E-state index < -0.39 is 0 Å². The van der Waals surface area contributed by atoms with Gasteiger partial charge in [0.15, 0.2) is 0 Å². The first-order valence-electron chi connectivity index (χ1n) is 8.69. The number of nitrogens with zero attached hydrogens (tertiary/aromatic N) is 2. The maximum absolute atomic E-state index is 13.2. The van der Waals surface area contributed by atoms with Crippen LogP contribution < -0.4 is 4.90 Å². The second kappa shape index (κ2) is 8.26. The fourth-order valence-electron chi connectivity index (χ4n) is 3.08. The van der Waals surface area contributed by atoms with Crippen LogP contribution in [0.3, 0.4) is 0 Å². The average molecular weight is 375 g/mol. The Hall–Kier alpha value is -1.49. The molecule has 1 heterocycles. The minimum Gasteiger partial charge on any atom is -0.309 e. The van der Waals surface area contributed by atoms with E-state index in [1.165, 1.54) is 0 Å². The first-order valence-corrected chi connectivity index (χ1v) is 9.94. The van der Waals surface area contributed by atoms with Crippen molar-refractivity contribution in [3.05, 3.63) is 59.1 Å². The molecule has 0 saturated carbocycles. The van der Waals surface area contributed by atoms with Gasteiger partial charge in [0.1, 0.15) is 5.25 Å². The predicted molar refractivity (Wildman–Crippen MR) is 107 cm³/mol. The van der Waals surface area contributed by atoms with Crippen molar-refractivity contribution in [1.82, 2.24) is 4.90 Å². The monoisotopic (exact) mass is 374 g/mol.